The van der Waals surface area contributed by atoms with Crippen molar-refractivity contribution in [2.24, 2.45) is 0 Å². The minimum atomic E-state index is -1.16. The summed E-state index contributed by atoms with van der Waals surface area (Å²) in [4.78, 5) is 27.6. The number of H-pyrrole nitrogens is 1. The number of hydrogen-bond donors (Lipinski definition) is 1. The van der Waals surface area contributed by atoms with Crippen LogP contribution in [0.5, 0.6) is 5.75 Å². The smallest absolute Gasteiger partial charge is 0.550 e. The molecule has 3 rings (SSSR count). The van der Waals surface area contributed by atoms with Crippen molar-refractivity contribution in [3.05, 3.63) is 47.8 Å². The van der Waals surface area contributed by atoms with Crippen LogP contribution in [0.4, 0.5) is 5.69 Å². The number of benzene rings is 1. The molecule has 1 amide bonds. The van der Waals surface area contributed by atoms with Gasteiger partial charge in [-0.25, -0.2) is 4.90 Å². The maximum absolute atomic E-state index is 12.8. The first-order chi connectivity index (χ1) is 12.1. The van der Waals surface area contributed by atoms with Gasteiger partial charge in [0.15, 0.2) is 0 Å². The Bertz CT molecular complexity index is 921. The molecule has 2 heterocycles. The summed E-state index contributed by atoms with van der Waals surface area (Å²) in [6.07, 6.45) is 3.41. The van der Waals surface area contributed by atoms with E-state index in [1.165, 1.54) is 4.90 Å². The number of amides is 1. The number of aliphatic carboxylic acids is 1. The molecule has 0 saturated heterocycles. The fourth-order valence-electron chi connectivity index (χ4n) is 2.59. The zero-order chi connectivity index (χ0) is 17.8. The number of anilines is 1. The van der Waals surface area contributed by atoms with Gasteiger partial charge in [-0.05, 0) is 24.6 Å². The molecule has 0 radical (unpaired) electrons. The number of aromatic nitrogens is 1. The van der Waals surface area contributed by atoms with Gasteiger partial charge in [-0.2, -0.15) is 0 Å². The molecular formula is C19H15N2NaO4. The molecule has 1 N–H and O–H groups in total. The molecule has 0 fully saturated rings. The van der Waals surface area contributed by atoms with Crippen LogP contribution >= 0.6 is 0 Å². The van der Waals surface area contributed by atoms with Gasteiger partial charge in [-0.3, -0.25) is 4.79 Å². The first-order valence-electron chi connectivity index (χ1n) is 7.67. The van der Waals surface area contributed by atoms with E-state index in [9.17, 15) is 14.7 Å². The van der Waals surface area contributed by atoms with E-state index >= 15 is 0 Å². The number of methoxy groups -OCH3 is 1. The number of carboxylic acids is 1. The molecule has 0 saturated carbocycles. The van der Waals surface area contributed by atoms with Crippen molar-refractivity contribution < 1.29 is 49.0 Å². The number of aromatic amines is 1. The number of carbonyl (C=O) groups is 2. The predicted octanol–water partition coefficient (Wildman–Crippen LogP) is -1.59. The van der Waals surface area contributed by atoms with Crippen LogP contribution in [0.15, 0.2) is 36.5 Å². The van der Waals surface area contributed by atoms with Gasteiger partial charge in [0.25, 0.3) is 5.91 Å². The molecule has 26 heavy (non-hydrogen) atoms. The molecule has 0 unspecified atom stereocenters. The zero-order valence-electron chi connectivity index (χ0n) is 14.5. The standard InChI is InChI=1S/C19H16N2O4.Na/c1-25-17-9-10-20-15(17)12-14-13-6-2-3-7-16(13)21(19(14)24)11-5-4-8-18(22)23;/h2-3,6-7,9-10,12,20H,4,8H2,1H3,(H,22,23);/q;+1/p-1/b14-12-;. The SMILES string of the molecule is COc1cc[nH]c1/C=C1\C(=O)N(C#CCCC(=O)[O-])c2ccccc21.[Na+]. The molecule has 0 aliphatic carbocycles. The molecule has 1 aliphatic heterocycles. The molecule has 6 nitrogen and oxygen atoms in total. The normalized spacial score (nSPS) is 13.7. The Balaban J connectivity index is 0.00000243. The third-order valence-corrected chi connectivity index (χ3v) is 3.76. The minimum Gasteiger partial charge on any atom is -0.550 e. The van der Waals surface area contributed by atoms with Crippen molar-refractivity contribution in [3.63, 3.8) is 0 Å². The van der Waals surface area contributed by atoms with Crippen LogP contribution in [-0.2, 0) is 9.59 Å². The Morgan fingerprint density at radius 2 is 2.12 bits per heavy atom. The Labute approximate surface area is 173 Å². The summed E-state index contributed by atoms with van der Waals surface area (Å²) < 4.78 is 5.26. The number of carboxylic acid groups (broad SMARTS) is 1. The molecule has 0 atom stereocenters. The Hall–Kier alpha value is -2.46. The van der Waals surface area contributed by atoms with Gasteiger partial charge in [-0.1, -0.05) is 24.1 Å². The minimum absolute atomic E-state index is 0. The quantitative estimate of drug-likeness (QED) is 0.406. The van der Waals surface area contributed by atoms with Gasteiger partial charge in [0.1, 0.15) is 5.75 Å². The number of hydrogen-bond acceptors (Lipinski definition) is 4. The van der Waals surface area contributed by atoms with Crippen molar-refractivity contribution in [1.82, 2.24) is 4.98 Å². The van der Waals surface area contributed by atoms with E-state index in [-0.39, 0.29) is 48.3 Å². The average Bonchev–Trinajstić information content (AvgIpc) is 3.16. The predicted molar refractivity (Wildman–Crippen MR) is 91.2 cm³/mol. The van der Waals surface area contributed by atoms with Crippen molar-refractivity contribution in [2.75, 3.05) is 12.0 Å². The molecule has 126 valence electrons. The first kappa shape index (κ1) is 19.9. The summed E-state index contributed by atoms with van der Waals surface area (Å²) in [5, 5.41) is 10.5. The van der Waals surface area contributed by atoms with Gasteiger partial charge >= 0.3 is 29.6 Å². The first-order valence-corrected chi connectivity index (χ1v) is 7.67. The van der Waals surface area contributed by atoms with Crippen LogP contribution in [0.3, 0.4) is 0 Å². The second-order valence-corrected chi connectivity index (χ2v) is 5.34. The van der Waals surface area contributed by atoms with E-state index in [0.29, 0.717) is 22.7 Å². The maximum Gasteiger partial charge on any atom is 1.00 e. The van der Waals surface area contributed by atoms with Crippen LogP contribution in [0.2, 0.25) is 0 Å². The van der Waals surface area contributed by atoms with Crippen LogP contribution < -0.4 is 44.3 Å². The third-order valence-electron chi connectivity index (χ3n) is 3.76. The van der Waals surface area contributed by atoms with Crippen LogP contribution in [0.1, 0.15) is 24.1 Å². The van der Waals surface area contributed by atoms with Crippen LogP contribution in [0, 0.1) is 12.0 Å². The van der Waals surface area contributed by atoms with Gasteiger partial charge in [-0.15, -0.1) is 0 Å². The largest absolute Gasteiger partial charge is 1.00 e. The molecular weight excluding hydrogens is 343 g/mol. The van der Waals surface area contributed by atoms with Gasteiger partial charge in [0, 0.05) is 30.2 Å². The maximum atomic E-state index is 12.8. The number of fused-ring (bicyclic) bond motifs is 1. The summed E-state index contributed by atoms with van der Waals surface area (Å²) in [6.45, 7) is 0. The van der Waals surface area contributed by atoms with E-state index in [1.54, 1.807) is 31.5 Å². The van der Waals surface area contributed by atoms with E-state index in [4.69, 9.17) is 4.74 Å². The van der Waals surface area contributed by atoms with E-state index < -0.39 is 5.97 Å². The zero-order valence-corrected chi connectivity index (χ0v) is 16.5. The van der Waals surface area contributed by atoms with Crippen LogP contribution in [-0.4, -0.2) is 24.0 Å². The monoisotopic (exact) mass is 358 g/mol. The fourth-order valence-corrected chi connectivity index (χ4v) is 2.59. The van der Waals surface area contributed by atoms with Gasteiger partial charge < -0.3 is 19.6 Å². The molecule has 2 aromatic rings. The average molecular weight is 358 g/mol. The summed E-state index contributed by atoms with van der Waals surface area (Å²) in [6, 6.07) is 11.8. The topological polar surface area (TPSA) is 85.5 Å². The summed E-state index contributed by atoms with van der Waals surface area (Å²) in [5.41, 5.74) is 2.61. The van der Waals surface area contributed by atoms with Gasteiger partial charge in [0.2, 0.25) is 0 Å². The molecule has 0 bridgehead atoms. The number of nitrogens with one attached hydrogen (secondary N) is 1. The molecule has 1 aromatic carbocycles. The van der Waals surface area contributed by atoms with Crippen molar-refractivity contribution in [1.29, 1.82) is 0 Å². The molecule has 7 heteroatoms. The van der Waals surface area contributed by atoms with Crippen molar-refractivity contribution >= 4 is 29.2 Å². The summed E-state index contributed by atoms with van der Waals surface area (Å²) in [5.74, 6) is 1.91. The van der Waals surface area contributed by atoms with E-state index in [1.807, 2.05) is 18.2 Å². The second kappa shape index (κ2) is 8.77. The number of ether oxygens (including phenoxy) is 1. The Morgan fingerprint density at radius 3 is 2.85 bits per heavy atom. The Morgan fingerprint density at radius 1 is 1.35 bits per heavy atom. The number of para-hydroxylation sites is 1. The number of nitrogens with zero attached hydrogens (tertiary/aromatic N) is 1. The number of rotatable bonds is 4. The van der Waals surface area contributed by atoms with Crippen molar-refractivity contribution in [3.8, 4) is 17.7 Å². The molecule has 1 aliphatic rings. The fraction of sp³-hybridized carbons (Fsp3) is 0.158. The van der Waals surface area contributed by atoms with Gasteiger partial charge in [0.05, 0.1) is 24.1 Å². The Kier molecular flexibility index (Phi) is 6.70. The molecule has 1 aromatic heterocycles. The molecule has 0 spiro atoms. The summed E-state index contributed by atoms with van der Waals surface area (Å²) in [7, 11) is 1.56. The van der Waals surface area contributed by atoms with E-state index in [0.717, 1.165) is 5.56 Å². The second-order valence-electron chi connectivity index (χ2n) is 5.34. The van der Waals surface area contributed by atoms with Crippen molar-refractivity contribution in [2.45, 2.75) is 12.8 Å². The summed E-state index contributed by atoms with van der Waals surface area (Å²) >= 11 is 0. The van der Waals surface area contributed by atoms with Crippen LogP contribution in [0.25, 0.3) is 11.6 Å². The third kappa shape index (κ3) is 4.02. The number of carbonyl (C=O) groups excluding carboxylic acids is 2. The van der Waals surface area contributed by atoms with E-state index in [2.05, 4.69) is 16.9 Å².